The second-order valence-corrected chi connectivity index (χ2v) is 6.28. The maximum Gasteiger partial charge on any atom is 0.264 e. The Kier molecular flexibility index (Phi) is 3.04. The maximum atomic E-state index is 11.0. The molecule has 0 aliphatic heterocycles. The van der Waals surface area contributed by atoms with E-state index in [0.29, 0.717) is 0 Å². The van der Waals surface area contributed by atoms with Crippen molar-refractivity contribution in [2.45, 2.75) is 23.5 Å². The van der Waals surface area contributed by atoms with Gasteiger partial charge in [-0.05, 0) is 46.9 Å². The van der Waals surface area contributed by atoms with Gasteiger partial charge in [0.25, 0.3) is 5.56 Å². The highest BCUT2D eigenvalue weighted by atomic mass is 32.2. The second-order valence-electron chi connectivity index (χ2n) is 5.26. The SMILES string of the molecule is O=c1ccc(CSc2ccc3c4c(cccc24)CC3)n[nH]1. The minimum Gasteiger partial charge on any atom is -0.268 e. The van der Waals surface area contributed by atoms with Crippen LogP contribution in [0, 0.1) is 0 Å². The van der Waals surface area contributed by atoms with E-state index < -0.39 is 0 Å². The van der Waals surface area contributed by atoms with Crippen LogP contribution >= 0.6 is 11.8 Å². The summed E-state index contributed by atoms with van der Waals surface area (Å²) in [6.07, 6.45) is 2.31. The van der Waals surface area contributed by atoms with E-state index in [4.69, 9.17) is 0 Å². The Morgan fingerprint density at radius 2 is 1.90 bits per heavy atom. The van der Waals surface area contributed by atoms with Crippen LogP contribution in [0.2, 0.25) is 0 Å². The smallest absolute Gasteiger partial charge is 0.264 e. The third-order valence-corrected chi connectivity index (χ3v) is 5.06. The number of hydrogen-bond donors (Lipinski definition) is 1. The van der Waals surface area contributed by atoms with Crippen LogP contribution in [0.4, 0.5) is 0 Å². The van der Waals surface area contributed by atoms with E-state index in [0.717, 1.165) is 24.3 Å². The van der Waals surface area contributed by atoms with E-state index >= 15 is 0 Å². The first-order chi connectivity index (χ1) is 10.3. The molecule has 1 aromatic heterocycles. The zero-order valence-corrected chi connectivity index (χ0v) is 12.2. The lowest BCUT2D eigenvalue weighted by molar-refractivity contribution is 0.938. The predicted molar refractivity (Wildman–Crippen MR) is 85.8 cm³/mol. The monoisotopic (exact) mass is 294 g/mol. The molecule has 0 saturated heterocycles. The molecule has 3 nitrogen and oxygen atoms in total. The van der Waals surface area contributed by atoms with Gasteiger partial charge >= 0.3 is 0 Å². The summed E-state index contributed by atoms with van der Waals surface area (Å²) in [5.41, 5.74) is 3.66. The van der Waals surface area contributed by atoms with E-state index in [1.165, 1.54) is 32.9 Å². The fourth-order valence-corrected chi connectivity index (χ4v) is 3.91. The molecule has 1 heterocycles. The molecule has 0 radical (unpaired) electrons. The van der Waals surface area contributed by atoms with E-state index in [-0.39, 0.29) is 5.56 Å². The van der Waals surface area contributed by atoms with Gasteiger partial charge in [-0.1, -0.05) is 24.3 Å². The highest BCUT2D eigenvalue weighted by molar-refractivity contribution is 7.98. The van der Waals surface area contributed by atoms with Gasteiger partial charge < -0.3 is 0 Å². The number of H-pyrrole nitrogens is 1. The lowest BCUT2D eigenvalue weighted by atomic mass is 10.1. The summed E-state index contributed by atoms with van der Waals surface area (Å²) < 4.78 is 0. The molecule has 0 spiro atoms. The first-order valence-electron chi connectivity index (χ1n) is 7.02. The van der Waals surface area contributed by atoms with Crippen molar-refractivity contribution in [1.82, 2.24) is 10.2 Å². The van der Waals surface area contributed by atoms with Crippen molar-refractivity contribution >= 4 is 22.5 Å². The number of aryl methyl sites for hydroxylation is 2. The lowest BCUT2D eigenvalue weighted by Crippen LogP contribution is -2.06. The average molecular weight is 294 g/mol. The van der Waals surface area contributed by atoms with Crippen LogP contribution in [-0.2, 0) is 18.6 Å². The second kappa shape index (κ2) is 5.04. The summed E-state index contributed by atoms with van der Waals surface area (Å²) in [7, 11) is 0. The Morgan fingerprint density at radius 1 is 1.05 bits per heavy atom. The molecule has 1 N–H and O–H groups in total. The van der Waals surface area contributed by atoms with Gasteiger partial charge in [0.1, 0.15) is 0 Å². The molecular weight excluding hydrogens is 280 g/mol. The van der Waals surface area contributed by atoms with Gasteiger partial charge in [-0.15, -0.1) is 11.8 Å². The quantitative estimate of drug-likeness (QED) is 0.754. The number of benzene rings is 2. The molecule has 0 bridgehead atoms. The van der Waals surface area contributed by atoms with E-state index in [9.17, 15) is 4.79 Å². The van der Waals surface area contributed by atoms with Gasteiger partial charge in [0.05, 0.1) is 5.69 Å². The Morgan fingerprint density at radius 3 is 2.71 bits per heavy atom. The van der Waals surface area contributed by atoms with Crippen LogP contribution < -0.4 is 5.56 Å². The maximum absolute atomic E-state index is 11.0. The largest absolute Gasteiger partial charge is 0.268 e. The number of hydrogen-bond acceptors (Lipinski definition) is 3. The van der Waals surface area contributed by atoms with Crippen LogP contribution in [0.15, 0.2) is 52.2 Å². The molecule has 2 aromatic carbocycles. The third kappa shape index (κ3) is 2.25. The van der Waals surface area contributed by atoms with Crippen molar-refractivity contribution < 1.29 is 0 Å². The van der Waals surface area contributed by atoms with Gasteiger partial charge in [0, 0.05) is 16.7 Å². The molecule has 0 atom stereocenters. The number of nitrogens with one attached hydrogen (secondary N) is 1. The molecule has 104 valence electrons. The summed E-state index contributed by atoms with van der Waals surface area (Å²) in [6.45, 7) is 0. The lowest BCUT2D eigenvalue weighted by Gasteiger charge is -2.08. The summed E-state index contributed by atoms with van der Waals surface area (Å²) in [4.78, 5) is 12.3. The third-order valence-electron chi connectivity index (χ3n) is 3.95. The molecule has 1 aliphatic carbocycles. The Hall–Kier alpha value is -2.07. The zero-order valence-electron chi connectivity index (χ0n) is 11.4. The highest BCUT2D eigenvalue weighted by Crippen LogP contribution is 2.37. The Labute approximate surface area is 126 Å². The van der Waals surface area contributed by atoms with Gasteiger partial charge in [-0.2, -0.15) is 5.10 Å². The number of nitrogens with zero attached hydrogens (tertiary/aromatic N) is 1. The van der Waals surface area contributed by atoms with Gasteiger partial charge in [-0.3, -0.25) is 4.79 Å². The minimum atomic E-state index is -0.158. The molecule has 1 aliphatic rings. The van der Waals surface area contributed by atoms with Crippen LogP contribution in [0.5, 0.6) is 0 Å². The predicted octanol–water partition coefficient (Wildman–Crippen LogP) is 3.31. The molecule has 0 fully saturated rings. The van der Waals surface area contributed by atoms with Gasteiger partial charge in [0.2, 0.25) is 0 Å². The van der Waals surface area contributed by atoms with E-state index in [2.05, 4.69) is 40.5 Å². The van der Waals surface area contributed by atoms with Crippen molar-refractivity contribution in [1.29, 1.82) is 0 Å². The first-order valence-corrected chi connectivity index (χ1v) is 8.01. The van der Waals surface area contributed by atoms with Crippen LogP contribution in [-0.4, -0.2) is 10.2 Å². The van der Waals surface area contributed by atoms with Crippen LogP contribution in [0.3, 0.4) is 0 Å². The summed E-state index contributed by atoms with van der Waals surface area (Å²) in [5.74, 6) is 0.759. The molecule has 0 unspecified atom stereocenters. The molecule has 21 heavy (non-hydrogen) atoms. The fraction of sp³-hybridized carbons (Fsp3) is 0.176. The standard InChI is InChI=1S/C17H14N2OS/c20-16-9-7-13(18-19-16)10-21-15-8-6-12-5-4-11-2-1-3-14(15)17(11)12/h1-3,6-9H,4-5,10H2,(H,19,20). The van der Waals surface area contributed by atoms with Crippen molar-refractivity contribution in [3.63, 3.8) is 0 Å². The van der Waals surface area contributed by atoms with Crippen molar-refractivity contribution in [2.75, 3.05) is 0 Å². The molecular formula is C17H14N2OS. The van der Waals surface area contributed by atoms with E-state index in [1.54, 1.807) is 17.8 Å². The minimum absolute atomic E-state index is 0.158. The van der Waals surface area contributed by atoms with Gasteiger partial charge in [-0.25, -0.2) is 5.10 Å². The fourth-order valence-electron chi connectivity index (χ4n) is 2.95. The van der Waals surface area contributed by atoms with Crippen molar-refractivity contribution in [3.05, 3.63) is 69.6 Å². The molecule has 0 saturated carbocycles. The van der Waals surface area contributed by atoms with E-state index in [1.807, 2.05) is 0 Å². The van der Waals surface area contributed by atoms with Crippen molar-refractivity contribution in [3.8, 4) is 0 Å². The van der Waals surface area contributed by atoms with Crippen LogP contribution in [0.25, 0.3) is 10.8 Å². The Bertz CT molecular complexity index is 855. The zero-order chi connectivity index (χ0) is 14.2. The molecule has 4 heteroatoms. The number of rotatable bonds is 3. The topological polar surface area (TPSA) is 45.8 Å². The summed E-state index contributed by atoms with van der Waals surface area (Å²) in [6, 6.07) is 14.4. The number of aromatic amines is 1. The number of thioether (sulfide) groups is 1. The average Bonchev–Trinajstić information content (AvgIpc) is 2.94. The Balaban J connectivity index is 1.68. The van der Waals surface area contributed by atoms with Crippen molar-refractivity contribution in [2.24, 2.45) is 0 Å². The normalized spacial score (nSPS) is 13.0. The molecule has 3 aromatic rings. The molecule has 4 rings (SSSR count). The van der Waals surface area contributed by atoms with Crippen LogP contribution in [0.1, 0.15) is 16.8 Å². The first kappa shape index (κ1) is 12.7. The highest BCUT2D eigenvalue weighted by Gasteiger charge is 2.15. The summed E-state index contributed by atoms with van der Waals surface area (Å²) in [5, 5.41) is 9.33. The van der Waals surface area contributed by atoms with Gasteiger partial charge in [0.15, 0.2) is 0 Å². The summed E-state index contributed by atoms with van der Waals surface area (Å²) >= 11 is 1.77. The number of aromatic nitrogens is 2. The molecule has 0 amide bonds.